The minimum Gasteiger partial charge on any atom is -0.378 e. The van der Waals surface area contributed by atoms with E-state index < -0.39 is 0 Å². The lowest BCUT2D eigenvalue weighted by Crippen LogP contribution is -2.47. The molecular weight excluding hydrogens is 214 g/mol. The lowest BCUT2D eigenvalue weighted by Gasteiger charge is -2.35. The van der Waals surface area contributed by atoms with Gasteiger partial charge in [-0.3, -0.25) is 0 Å². The molecule has 100 valence electrons. The highest BCUT2D eigenvalue weighted by Gasteiger charge is 2.22. The van der Waals surface area contributed by atoms with E-state index in [0.29, 0.717) is 0 Å². The summed E-state index contributed by atoms with van der Waals surface area (Å²) >= 11 is 0. The van der Waals surface area contributed by atoms with Gasteiger partial charge in [-0.2, -0.15) is 0 Å². The van der Waals surface area contributed by atoms with Crippen LogP contribution in [-0.2, 0) is 4.74 Å². The van der Waals surface area contributed by atoms with Crippen LogP contribution in [0.25, 0.3) is 0 Å². The van der Waals surface area contributed by atoms with E-state index in [4.69, 9.17) is 9.73 Å². The van der Waals surface area contributed by atoms with E-state index in [-0.39, 0.29) is 5.54 Å². The maximum atomic E-state index is 5.39. The molecule has 0 unspecified atom stereocenters. The van der Waals surface area contributed by atoms with Crippen molar-refractivity contribution in [3.63, 3.8) is 0 Å². The molecule has 0 spiro atoms. The van der Waals surface area contributed by atoms with Crippen LogP contribution >= 0.6 is 0 Å². The fourth-order valence-corrected chi connectivity index (χ4v) is 2.16. The summed E-state index contributed by atoms with van der Waals surface area (Å²) < 4.78 is 5.39. The number of nitrogens with zero attached hydrogens (tertiary/aromatic N) is 3. The highest BCUT2D eigenvalue weighted by molar-refractivity contribution is 5.80. The van der Waals surface area contributed by atoms with Gasteiger partial charge in [0.1, 0.15) is 0 Å². The Kier molecular flexibility index (Phi) is 5.25. The van der Waals surface area contributed by atoms with Crippen LogP contribution in [0, 0.1) is 0 Å². The van der Waals surface area contributed by atoms with Crippen LogP contribution in [0.15, 0.2) is 4.99 Å². The van der Waals surface area contributed by atoms with Crippen LogP contribution in [0.5, 0.6) is 0 Å². The van der Waals surface area contributed by atoms with Gasteiger partial charge < -0.3 is 14.5 Å². The van der Waals surface area contributed by atoms with Gasteiger partial charge in [0.05, 0.1) is 18.8 Å². The summed E-state index contributed by atoms with van der Waals surface area (Å²) in [4.78, 5) is 9.37. The molecule has 0 saturated carbocycles. The van der Waals surface area contributed by atoms with Gasteiger partial charge in [0, 0.05) is 27.2 Å². The molecule has 0 aromatic carbocycles. The lowest BCUT2D eigenvalue weighted by molar-refractivity contribution is 0.0632. The maximum absolute atomic E-state index is 5.39. The first-order valence-electron chi connectivity index (χ1n) is 6.56. The zero-order valence-corrected chi connectivity index (χ0v) is 12.0. The minimum absolute atomic E-state index is 0.0205. The molecule has 17 heavy (non-hydrogen) atoms. The molecule has 0 aromatic rings. The van der Waals surface area contributed by atoms with Crippen LogP contribution in [0.3, 0.4) is 0 Å². The molecule has 1 aliphatic rings. The second kappa shape index (κ2) is 6.24. The normalized spacial score (nSPS) is 18.4. The van der Waals surface area contributed by atoms with Crippen molar-refractivity contribution in [1.82, 2.24) is 9.80 Å². The number of hydrogen-bond acceptors (Lipinski definition) is 2. The van der Waals surface area contributed by atoms with Crippen LogP contribution < -0.4 is 0 Å². The highest BCUT2D eigenvalue weighted by atomic mass is 16.5. The van der Waals surface area contributed by atoms with Gasteiger partial charge in [-0.25, -0.2) is 4.99 Å². The minimum atomic E-state index is 0.0205. The van der Waals surface area contributed by atoms with Gasteiger partial charge >= 0.3 is 0 Å². The lowest BCUT2D eigenvalue weighted by atomic mass is 10.0. The summed E-state index contributed by atoms with van der Waals surface area (Å²) in [6.45, 7) is 10.1. The van der Waals surface area contributed by atoms with E-state index in [1.165, 1.54) is 6.42 Å². The third-order valence-electron chi connectivity index (χ3n) is 2.96. The highest BCUT2D eigenvalue weighted by Crippen LogP contribution is 2.18. The number of aliphatic imine (C=N–C) groups is 1. The van der Waals surface area contributed by atoms with E-state index >= 15 is 0 Å². The number of ether oxygens (including phenoxy) is 1. The summed E-state index contributed by atoms with van der Waals surface area (Å²) in [6.07, 6.45) is 2.29. The molecule has 0 bridgehead atoms. The molecular formula is C13H27N3O. The first-order valence-corrected chi connectivity index (χ1v) is 6.56. The van der Waals surface area contributed by atoms with Gasteiger partial charge in [0.2, 0.25) is 0 Å². The van der Waals surface area contributed by atoms with E-state index in [2.05, 4.69) is 44.7 Å². The van der Waals surface area contributed by atoms with Crippen LogP contribution in [-0.4, -0.2) is 61.7 Å². The Labute approximate surface area is 106 Å². The molecule has 1 fully saturated rings. The number of morpholine rings is 1. The fourth-order valence-electron chi connectivity index (χ4n) is 2.16. The van der Waals surface area contributed by atoms with Crippen LogP contribution in [0.4, 0.5) is 0 Å². The monoisotopic (exact) mass is 241 g/mol. The molecule has 0 aromatic heterocycles. The van der Waals surface area contributed by atoms with Gasteiger partial charge in [0.15, 0.2) is 5.96 Å². The molecule has 0 atom stereocenters. The number of rotatable bonds is 3. The zero-order valence-electron chi connectivity index (χ0n) is 12.0. The smallest absolute Gasteiger partial charge is 0.196 e. The summed E-state index contributed by atoms with van der Waals surface area (Å²) in [5.74, 6) is 1.09. The van der Waals surface area contributed by atoms with Crippen molar-refractivity contribution >= 4 is 5.96 Å². The molecule has 1 aliphatic heterocycles. The van der Waals surface area contributed by atoms with Crippen molar-refractivity contribution in [2.75, 3.05) is 40.4 Å². The van der Waals surface area contributed by atoms with Crippen molar-refractivity contribution in [3.8, 4) is 0 Å². The first-order chi connectivity index (χ1) is 7.96. The molecule has 0 aliphatic carbocycles. The second-order valence-electron chi connectivity index (χ2n) is 5.47. The average molecular weight is 241 g/mol. The predicted molar refractivity (Wildman–Crippen MR) is 72.5 cm³/mol. The molecule has 1 saturated heterocycles. The fraction of sp³-hybridized carbons (Fsp3) is 0.923. The zero-order chi connectivity index (χ0) is 12.9. The Bertz CT molecular complexity index is 255. The number of hydrogen-bond donors (Lipinski definition) is 0. The Morgan fingerprint density at radius 3 is 2.35 bits per heavy atom. The molecule has 4 nitrogen and oxygen atoms in total. The van der Waals surface area contributed by atoms with Crippen molar-refractivity contribution in [2.45, 2.75) is 39.2 Å². The van der Waals surface area contributed by atoms with Crippen LogP contribution in [0.1, 0.15) is 33.6 Å². The largest absolute Gasteiger partial charge is 0.378 e. The molecule has 1 heterocycles. The SMILES string of the molecule is CCCC(C)(C)N=C(N(C)C)N1CCOCC1. The van der Waals surface area contributed by atoms with Gasteiger partial charge in [0.25, 0.3) is 0 Å². The Morgan fingerprint density at radius 2 is 1.88 bits per heavy atom. The Morgan fingerprint density at radius 1 is 1.29 bits per heavy atom. The van der Waals surface area contributed by atoms with E-state index in [9.17, 15) is 0 Å². The van der Waals surface area contributed by atoms with E-state index in [1.54, 1.807) is 0 Å². The van der Waals surface area contributed by atoms with Crippen molar-refractivity contribution < 1.29 is 4.74 Å². The summed E-state index contributed by atoms with van der Waals surface area (Å²) in [6, 6.07) is 0. The Balaban J connectivity index is 2.79. The standard InChI is InChI=1S/C13H27N3O/c1-6-7-13(2,3)14-12(15(4)5)16-8-10-17-11-9-16/h6-11H2,1-5H3. The van der Waals surface area contributed by atoms with E-state index in [1.807, 2.05) is 0 Å². The maximum Gasteiger partial charge on any atom is 0.196 e. The third-order valence-corrected chi connectivity index (χ3v) is 2.96. The summed E-state index contributed by atoms with van der Waals surface area (Å²) in [7, 11) is 4.13. The van der Waals surface area contributed by atoms with Gasteiger partial charge in [-0.1, -0.05) is 13.3 Å². The van der Waals surface area contributed by atoms with Crippen molar-refractivity contribution in [2.24, 2.45) is 4.99 Å². The predicted octanol–water partition coefficient (Wildman–Crippen LogP) is 1.81. The molecule has 1 rings (SSSR count). The topological polar surface area (TPSA) is 28.1 Å². The molecule has 0 radical (unpaired) electrons. The van der Waals surface area contributed by atoms with Crippen molar-refractivity contribution in [3.05, 3.63) is 0 Å². The molecule has 0 N–H and O–H groups in total. The van der Waals surface area contributed by atoms with Gasteiger partial charge in [-0.15, -0.1) is 0 Å². The molecule has 4 heteroatoms. The quantitative estimate of drug-likeness (QED) is 0.557. The van der Waals surface area contributed by atoms with Gasteiger partial charge in [-0.05, 0) is 20.3 Å². The molecule has 0 amide bonds. The second-order valence-corrected chi connectivity index (χ2v) is 5.47. The Hall–Kier alpha value is -0.770. The van der Waals surface area contributed by atoms with Crippen molar-refractivity contribution in [1.29, 1.82) is 0 Å². The first kappa shape index (κ1) is 14.3. The van der Waals surface area contributed by atoms with E-state index in [0.717, 1.165) is 38.7 Å². The van der Waals surface area contributed by atoms with Crippen LogP contribution in [0.2, 0.25) is 0 Å². The summed E-state index contributed by atoms with van der Waals surface area (Å²) in [5.41, 5.74) is 0.0205. The average Bonchev–Trinajstić information content (AvgIpc) is 2.27. The third kappa shape index (κ3) is 4.54. The number of guanidine groups is 1. The summed E-state index contributed by atoms with van der Waals surface area (Å²) in [5, 5.41) is 0.